The van der Waals surface area contributed by atoms with Crippen LogP contribution in [0.15, 0.2) is 30.5 Å². The maximum absolute atomic E-state index is 8.70. The summed E-state index contributed by atoms with van der Waals surface area (Å²) >= 11 is 6.16. The number of fused-ring (bicyclic) bond motifs is 1. The molecule has 4 heteroatoms. The summed E-state index contributed by atoms with van der Waals surface area (Å²) in [7, 11) is 0. The van der Waals surface area contributed by atoms with Gasteiger partial charge in [0, 0.05) is 29.8 Å². The minimum absolute atomic E-state index is 0.283. The highest BCUT2D eigenvalue weighted by molar-refractivity contribution is 6.35. The Bertz CT molecular complexity index is 531. The number of nitrogens with one attached hydrogen (secondary N) is 1. The maximum Gasteiger partial charge on any atom is 0.0761 e. The molecule has 0 spiro atoms. The van der Waals surface area contributed by atoms with E-state index in [2.05, 4.69) is 10.3 Å². The van der Waals surface area contributed by atoms with Crippen LogP contribution in [-0.4, -0.2) is 23.2 Å². The van der Waals surface area contributed by atoms with Gasteiger partial charge in [0.2, 0.25) is 0 Å². The summed E-state index contributed by atoms with van der Waals surface area (Å²) in [4.78, 5) is 4.41. The van der Waals surface area contributed by atoms with Gasteiger partial charge in [0.15, 0.2) is 0 Å². The van der Waals surface area contributed by atoms with Crippen LogP contribution in [-0.2, 0) is 6.54 Å². The first-order valence-corrected chi connectivity index (χ1v) is 7.04. The molecular formula is C15H19ClN2O. The maximum atomic E-state index is 8.70. The van der Waals surface area contributed by atoms with E-state index >= 15 is 0 Å². The van der Waals surface area contributed by atoms with Crippen LogP contribution in [0.25, 0.3) is 10.9 Å². The first kappa shape index (κ1) is 14.3. The Hall–Kier alpha value is -1.16. The molecule has 1 heterocycles. The molecule has 0 saturated carbocycles. The molecule has 0 atom stereocenters. The van der Waals surface area contributed by atoms with Crippen molar-refractivity contribution in [3.05, 3.63) is 41.0 Å². The molecule has 0 fully saturated rings. The third kappa shape index (κ3) is 3.90. The smallest absolute Gasteiger partial charge is 0.0761 e. The second kappa shape index (κ2) is 7.43. The topological polar surface area (TPSA) is 45.1 Å². The average Bonchev–Trinajstić information content (AvgIpc) is 2.45. The number of benzene rings is 1. The Morgan fingerprint density at radius 3 is 2.89 bits per heavy atom. The summed E-state index contributed by atoms with van der Waals surface area (Å²) in [6, 6.07) is 7.85. The Labute approximate surface area is 118 Å². The lowest BCUT2D eigenvalue weighted by Crippen LogP contribution is -2.15. The number of aromatic nitrogens is 1. The van der Waals surface area contributed by atoms with Crippen molar-refractivity contribution in [2.75, 3.05) is 13.2 Å². The molecule has 0 unspecified atom stereocenters. The van der Waals surface area contributed by atoms with Gasteiger partial charge in [0.25, 0.3) is 0 Å². The Morgan fingerprint density at radius 2 is 2.05 bits per heavy atom. The van der Waals surface area contributed by atoms with Crippen molar-refractivity contribution >= 4 is 22.5 Å². The van der Waals surface area contributed by atoms with Gasteiger partial charge in [0.05, 0.1) is 5.52 Å². The van der Waals surface area contributed by atoms with Gasteiger partial charge in [-0.1, -0.05) is 17.7 Å². The van der Waals surface area contributed by atoms with E-state index < -0.39 is 0 Å². The molecule has 2 N–H and O–H groups in total. The predicted octanol–water partition coefficient (Wildman–Crippen LogP) is 3.14. The molecule has 0 bridgehead atoms. The third-order valence-electron chi connectivity index (χ3n) is 3.13. The number of aliphatic hydroxyl groups excluding tert-OH is 1. The van der Waals surface area contributed by atoms with Crippen LogP contribution in [0.1, 0.15) is 24.8 Å². The van der Waals surface area contributed by atoms with Gasteiger partial charge in [0.1, 0.15) is 0 Å². The number of rotatable bonds is 7. The van der Waals surface area contributed by atoms with E-state index in [1.165, 1.54) is 5.56 Å². The zero-order chi connectivity index (χ0) is 13.5. The molecule has 1 aromatic carbocycles. The largest absolute Gasteiger partial charge is 0.396 e. The normalized spacial score (nSPS) is 11.1. The molecule has 2 aromatic rings. The fourth-order valence-electron chi connectivity index (χ4n) is 2.10. The van der Waals surface area contributed by atoms with Gasteiger partial charge >= 0.3 is 0 Å². The van der Waals surface area contributed by atoms with Crippen LogP contribution in [0.2, 0.25) is 5.02 Å². The molecule has 19 heavy (non-hydrogen) atoms. The molecule has 0 amide bonds. The van der Waals surface area contributed by atoms with Crippen LogP contribution in [0, 0.1) is 0 Å². The van der Waals surface area contributed by atoms with Crippen molar-refractivity contribution in [2.45, 2.75) is 25.8 Å². The van der Waals surface area contributed by atoms with E-state index in [1.807, 2.05) is 24.3 Å². The SMILES string of the molecule is OCCCCCNCc1ccc(Cl)c2cccnc12. The Morgan fingerprint density at radius 1 is 1.16 bits per heavy atom. The Balaban J connectivity index is 1.96. The summed E-state index contributed by atoms with van der Waals surface area (Å²) in [5.41, 5.74) is 2.14. The molecule has 1 aromatic heterocycles. The van der Waals surface area contributed by atoms with E-state index in [9.17, 15) is 0 Å². The highest BCUT2D eigenvalue weighted by Gasteiger charge is 2.04. The van der Waals surface area contributed by atoms with Gasteiger partial charge in [-0.3, -0.25) is 4.98 Å². The van der Waals surface area contributed by atoms with Crippen molar-refractivity contribution in [3.63, 3.8) is 0 Å². The van der Waals surface area contributed by atoms with Crippen molar-refractivity contribution in [1.29, 1.82) is 0 Å². The van der Waals surface area contributed by atoms with Crippen LogP contribution < -0.4 is 5.32 Å². The summed E-state index contributed by atoms with van der Waals surface area (Å²) in [5.74, 6) is 0. The zero-order valence-electron chi connectivity index (χ0n) is 10.9. The monoisotopic (exact) mass is 278 g/mol. The highest BCUT2D eigenvalue weighted by atomic mass is 35.5. The molecule has 0 aliphatic heterocycles. The van der Waals surface area contributed by atoms with Gasteiger partial charge in [-0.15, -0.1) is 0 Å². The van der Waals surface area contributed by atoms with E-state index in [4.69, 9.17) is 16.7 Å². The molecule has 0 aliphatic rings. The second-order valence-electron chi connectivity index (χ2n) is 4.57. The van der Waals surface area contributed by atoms with Gasteiger partial charge in [-0.25, -0.2) is 0 Å². The van der Waals surface area contributed by atoms with Gasteiger partial charge in [-0.2, -0.15) is 0 Å². The van der Waals surface area contributed by atoms with Crippen LogP contribution in [0.4, 0.5) is 0 Å². The lowest BCUT2D eigenvalue weighted by Gasteiger charge is -2.08. The number of halogens is 1. The summed E-state index contributed by atoms with van der Waals surface area (Å²) < 4.78 is 0. The van der Waals surface area contributed by atoms with E-state index in [1.54, 1.807) is 6.20 Å². The Kier molecular flexibility index (Phi) is 5.58. The van der Waals surface area contributed by atoms with Crippen molar-refractivity contribution in [3.8, 4) is 0 Å². The van der Waals surface area contributed by atoms with E-state index in [0.717, 1.165) is 48.3 Å². The lowest BCUT2D eigenvalue weighted by molar-refractivity contribution is 0.283. The molecule has 0 saturated heterocycles. The predicted molar refractivity (Wildman–Crippen MR) is 79.4 cm³/mol. The third-order valence-corrected chi connectivity index (χ3v) is 3.46. The van der Waals surface area contributed by atoms with Crippen LogP contribution in [0.5, 0.6) is 0 Å². The number of hydrogen-bond acceptors (Lipinski definition) is 3. The van der Waals surface area contributed by atoms with Crippen molar-refractivity contribution in [2.24, 2.45) is 0 Å². The first-order valence-electron chi connectivity index (χ1n) is 6.66. The molecule has 0 radical (unpaired) electrons. The van der Waals surface area contributed by atoms with Crippen LogP contribution in [0.3, 0.4) is 0 Å². The number of hydrogen-bond donors (Lipinski definition) is 2. The number of pyridine rings is 1. The molecule has 3 nitrogen and oxygen atoms in total. The van der Waals surface area contributed by atoms with E-state index in [0.29, 0.717) is 0 Å². The van der Waals surface area contributed by atoms with Crippen molar-refractivity contribution < 1.29 is 5.11 Å². The van der Waals surface area contributed by atoms with E-state index in [-0.39, 0.29) is 6.61 Å². The van der Waals surface area contributed by atoms with Gasteiger partial charge < -0.3 is 10.4 Å². The van der Waals surface area contributed by atoms with Crippen LogP contribution >= 0.6 is 11.6 Å². The molecule has 0 aliphatic carbocycles. The summed E-state index contributed by atoms with van der Waals surface area (Å²) in [5, 5.41) is 13.9. The minimum atomic E-state index is 0.283. The zero-order valence-corrected chi connectivity index (χ0v) is 11.7. The summed E-state index contributed by atoms with van der Waals surface area (Å²) in [6.45, 7) is 2.03. The quantitative estimate of drug-likeness (QED) is 0.765. The lowest BCUT2D eigenvalue weighted by atomic mass is 10.1. The van der Waals surface area contributed by atoms with Gasteiger partial charge in [-0.05, 0) is 49.6 Å². The number of unbranched alkanes of at least 4 members (excludes halogenated alkanes) is 2. The minimum Gasteiger partial charge on any atom is -0.396 e. The highest BCUT2D eigenvalue weighted by Crippen LogP contribution is 2.24. The summed E-state index contributed by atoms with van der Waals surface area (Å²) in [6.07, 6.45) is 4.82. The molecule has 102 valence electrons. The second-order valence-corrected chi connectivity index (χ2v) is 4.97. The first-order chi connectivity index (χ1) is 9.33. The fraction of sp³-hybridized carbons (Fsp3) is 0.400. The molecule has 2 rings (SSSR count). The number of aliphatic hydroxyl groups is 1. The average molecular weight is 279 g/mol. The molecular weight excluding hydrogens is 260 g/mol. The number of nitrogens with zero attached hydrogens (tertiary/aromatic N) is 1. The fourth-order valence-corrected chi connectivity index (χ4v) is 2.32. The van der Waals surface area contributed by atoms with Crippen molar-refractivity contribution in [1.82, 2.24) is 10.3 Å². The standard InChI is InChI=1S/C15H19ClN2O/c16-14-7-6-12(11-17-8-2-1-3-10-19)15-13(14)5-4-9-18-15/h4-7,9,17,19H,1-3,8,10-11H2.